The van der Waals surface area contributed by atoms with Crippen LogP contribution in [0.5, 0.6) is 0 Å². The molecule has 20 heavy (non-hydrogen) atoms. The predicted molar refractivity (Wildman–Crippen MR) is 69.4 cm³/mol. The van der Waals surface area contributed by atoms with Crippen LogP contribution in [-0.2, 0) is 6.54 Å². The van der Waals surface area contributed by atoms with Crippen molar-refractivity contribution >= 4 is 5.91 Å². The van der Waals surface area contributed by atoms with E-state index >= 15 is 0 Å². The summed E-state index contributed by atoms with van der Waals surface area (Å²) in [4.78, 5) is 10.9. The van der Waals surface area contributed by atoms with Crippen molar-refractivity contribution in [2.45, 2.75) is 13.5 Å². The second kappa shape index (κ2) is 5.79. The predicted octanol–water partition coefficient (Wildman–Crippen LogP) is 1.36. The molecule has 0 spiro atoms. The van der Waals surface area contributed by atoms with Crippen LogP contribution in [0.25, 0.3) is 5.69 Å². The van der Waals surface area contributed by atoms with Gasteiger partial charge in [0.25, 0.3) is 5.91 Å². The maximum atomic E-state index is 14.0. The quantitative estimate of drug-likeness (QED) is 0.868. The number of aromatic nitrogens is 2. The fourth-order valence-corrected chi connectivity index (χ4v) is 1.79. The molecule has 0 aliphatic carbocycles. The van der Waals surface area contributed by atoms with Crippen LogP contribution in [-0.4, -0.2) is 22.2 Å². The molecule has 0 saturated heterocycles. The summed E-state index contributed by atoms with van der Waals surface area (Å²) in [7, 11) is 0. The Morgan fingerprint density at radius 3 is 2.55 bits per heavy atom. The van der Waals surface area contributed by atoms with E-state index in [1.807, 2.05) is 6.92 Å². The average molecular weight is 280 g/mol. The zero-order chi connectivity index (χ0) is 14.7. The number of nitrogens with one attached hydrogen (secondary N) is 1. The Balaban J connectivity index is 2.38. The first-order valence-electron chi connectivity index (χ1n) is 6.07. The Bertz CT molecular complexity index is 616. The third-order valence-electron chi connectivity index (χ3n) is 2.73. The molecule has 0 atom stereocenters. The van der Waals surface area contributed by atoms with Crippen LogP contribution in [0.15, 0.2) is 24.4 Å². The largest absolute Gasteiger partial charge is 0.364 e. The summed E-state index contributed by atoms with van der Waals surface area (Å²) in [5, 5.41) is 6.72. The highest BCUT2D eigenvalue weighted by Gasteiger charge is 2.15. The molecule has 1 aromatic heterocycles. The first-order chi connectivity index (χ1) is 9.52. The van der Waals surface area contributed by atoms with Gasteiger partial charge in [-0.1, -0.05) is 6.92 Å². The van der Waals surface area contributed by atoms with Crippen molar-refractivity contribution in [3.8, 4) is 5.69 Å². The molecule has 0 aliphatic heterocycles. The van der Waals surface area contributed by atoms with Gasteiger partial charge in [-0.25, -0.2) is 13.5 Å². The van der Waals surface area contributed by atoms with Gasteiger partial charge in [0.05, 0.1) is 0 Å². The number of nitrogens with two attached hydrogens (primary N) is 1. The number of nitrogens with zero attached hydrogens (tertiary/aromatic N) is 2. The number of carbonyl (C=O) groups excluding carboxylic acids is 1. The molecule has 0 aliphatic rings. The molecule has 2 rings (SSSR count). The van der Waals surface area contributed by atoms with Crippen molar-refractivity contribution in [1.29, 1.82) is 0 Å². The third kappa shape index (κ3) is 2.83. The lowest BCUT2D eigenvalue weighted by Crippen LogP contribution is -2.14. The topological polar surface area (TPSA) is 72.9 Å². The highest BCUT2D eigenvalue weighted by atomic mass is 19.1. The minimum atomic E-state index is -0.756. The number of primary amides is 1. The summed E-state index contributed by atoms with van der Waals surface area (Å²) in [5.41, 5.74) is 5.15. The van der Waals surface area contributed by atoms with E-state index in [1.54, 1.807) is 0 Å². The molecule has 0 fully saturated rings. The summed E-state index contributed by atoms with van der Waals surface area (Å²) < 4.78 is 28.9. The summed E-state index contributed by atoms with van der Waals surface area (Å²) in [6, 6.07) is 3.76. The van der Waals surface area contributed by atoms with Gasteiger partial charge in [0.2, 0.25) is 0 Å². The zero-order valence-corrected chi connectivity index (χ0v) is 10.9. The number of carbonyl (C=O) groups is 1. The molecule has 1 aromatic carbocycles. The van der Waals surface area contributed by atoms with Crippen molar-refractivity contribution < 1.29 is 13.6 Å². The summed E-state index contributed by atoms with van der Waals surface area (Å²) in [5.74, 6) is -2.26. The summed E-state index contributed by atoms with van der Waals surface area (Å²) >= 11 is 0. The molecule has 5 nitrogen and oxygen atoms in total. The molecule has 2 aromatic rings. The highest BCUT2D eigenvalue weighted by molar-refractivity contribution is 5.90. The number of benzene rings is 1. The van der Waals surface area contributed by atoms with Gasteiger partial charge < -0.3 is 11.1 Å². The minimum Gasteiger partial charge on any atom is -0.364 e. The van der Waals surface area contributed by atoms with Gasteiger partial charge in [0.1, 0.15) is 11.4 Å². The Morgan fingerprint density at radius 1 is 1.40 bits per heavy atom. The molecule has 3 N–H and O–H groups in total. The lowest BCUT2D eigenvalue weighted by atomic mass is 10.2. The van der Waals surface area contributed by atoms with Crippen LogP contribution in [0.3, 0.4) is 0 Å². The SMILES string of the molecule is CCNCc1cc(F)c(-n2ccc(C(N)=O)n2)c(F)c1. The van der Waals surface area contributed by atoms with E-state index in [9.17, 15) is 13.6 Å². The van der Waals surface area contributed by atoms with Crippen LogP contribution in [0.1, 0.15) is 23.0 Å². The van der Waals surface area contributed by atoms with Gasteiger partial charge in [-0.3, -0.25) is 4.79 Å². The average Bonchev–Trinajstić information content (AvgIpc) is 2.85. The molecule has 7 heteroatoms. The van der Waals surface area contributed by atoms with E-state index in [-0.39, 0.29) is 11.4 Å². The second-order valence-corrected chi connectivity index (χ2v) is 4.20. The molecule has 106 valence electrons. The van der Waals surface area contributed by atoms with Crippen molar-refractivity contribution in [3.05, 3.63) is 47.3 Å². The Hall–Kier alpha value is -2.28. The van der Waals surface area contributed by atoms with Crippen molar-refractivity contribution in [1.82, 2.24) is 15.1 Å². The number of hydrogen-bond donors (Lipinski definition) is 2. The van der Waals surface area contributed by atoms with Crippen LogP contribution < -0.4 is 11.1 Å². The van der Waals surface area contributed by atoms with Gasteiger partial charge in [-0.15, -0.1) is 0 Å². The van der Waals surface area contributed by atoms with Crippen molar-refractivity contribution in [2.75, 3.05) is 6.54 Å². The molecule has 0 saturated carbocycles. The molecule has 0 bridgehead atoms. The smallest absolute Gasteiger partial charge is 0.269 e. The van der Waals surface area contributed by atoms with E-state index in [2.05, 4.69) is 10.4 Å². The van der Waals surface area contributed by atoms with Crippen LogP contribution in [0.2, 0.25) is 0 Å². The van der Waals surface area contributed by atoms with E-state index in [0.29, 0.717) is 18.7 Å². The summed E-state index contributed by atoms with van der Waals surface area (Å²) in [6.07, 6.45) is 1.28. The van der Waals surface area contributed by atoms with Gasteiger partial charge in [0, 0.05) is 12.7 Å². The lowest BCUT2D eigenvalue weighted by Gasteiger charge is -2.08. The monoisotopic (exact) mass is 280 g/mol. The maximum Gasteiger partial charge on any atom is 0.269 e. The lowest BCUT2D eigenvalue weighted by molar-refractivity contribution is 0.0995. The molecular formula is C13H14F2N4O. The Labute approximate surface area is 114 Å². The van der Waals surface area contributed by atoms with Gasteiger partial charge in [-0.2, -0.15) is 5.10 Å². The van der Waals surface area contributed by atoms with Gasteiger partial charge >= 0.3 is 0 Å². The minimum absolute atomic E-state index is 0.0551. The molecular weight excluding hydrogens is 266 g/mol. The van der Waals surface area contributed by atoms with Crippen molar-refractivity contribution in [3.63, 3.8) is 0 Å². The molecule has 0 unspecified atom stereocenters. The highest BCUT2D eigenvalue weighted by Crippen LogP contribution is 2.19. The summed E-state index contributed by atoms with van der Waals surface area (Å²) in [6.45, 7) is 2.97. The number of hydrogen-bond acceptors (Lipinski definition) is 3. The second-order valence-electron chi connectivity index (χ2n) is 4.20. The van der Waals surface area contributed by atoms with E-state index in [4.69, 9.17) is 5.73 Å². The van der Waals surface area contributed by atoms with Crippen LogP contribution in [0.4, 0.5) is 8.78 Å². The fraction of sp³-hybridized carbons (Fsp3) is 0.231. The fourth-order valence-electron chi connectivity index (χ4n) is 1.79. The maximum absolute atomic E-state index is 14.0. The van der Waals surface area contributed by atoms with E-state index < -0.39 is 17.5 Å². The number of halogens is 2. The zero-order valence-electron chi connectivity index (χ0n) is 10.9. The Morgan fingerprint density at radius 2 is 2.05 bits per heavy atom. The van der Waals surface area contributed by atoms with Crippen LogP contribution >= 0.6 is 0 Å². The van der Waals surface area contributed by atoms with Crippen LogP contribution in [0, 0.1) is 11.6 Å². The number of amides is 1. The van der Waals surface area contributed by atoms with E-state index in [0.717, 1.165) is 4.68 Å². The van der Waals surface area contributed by atoms with Gasteiger partial charge in [-0.05, 0) is 30.3 Å². The Kier molecular flexibility index (Phi) is 4.09. The standard InChI is InChI=1S/C13H14F2N4O/c1-2-17-7-8-5-9(14)12(10(15)6-8)19-4-3-11(18-19)13(16)20/h3-6,17H,2,7H2,1H3,(H2,16,20). The van der Waals surface area contributed by atoms with E-state index in [1.165, 1.54) is 24.4 Å². The molecule has 0 radical (unpaired) electrons. The van der Waals surface area contributed by atoms with Crippen molar-refractivity contribution in [2.24, 2.45) is 5.73 Å². The third-order valence-corrected chi connectivity index (χ3v) is 2.73. The number of rotatable bonds is 5. The van der Waals surface area contributed by atoms with Gasteiger partial charge in [0.15, 0.2) is 11.6 Å². The molecule has 1 amide bonds. The normalized spacial score (nSPS) is 10.8. The molecule has 1 heterocycles. The first kappa shape index (κ1) is 14.1. The first-order valence-corrected chi connectivity index (χ1v) is 6.07.